The number of hydrogen-bond donors (Lipinski definition) is 4. The number of aryl methyl sites for hydroxylation is 1. The first-order chi connectivity index (χ1) is 25.2. The molecule has 0 aromatic heterocycles. The summed E-state index contributed by atoms with van der Waals surface area (Å²) in [5, 5.41) is 16.8. The fraction of sp³-hybridized carbons (Fsp3) is 0.361. The Morgan fingerprint density at radius 1 is 0.873 bits per heavy atom. The number of ether oxygens (including phenoxy) is 1. The van der Waals surface area contributed by atoms with Crippen LogP contribution in [0, 0.1) is 12.8 Å². The Hall–Kier alpha value is -4.81. The largest absolute Gasteiger partial charge is 0.495 e. The number of nitrogens with zero attached hydrogens (tertiary/aromatic N) is 2. The summed E-state index contributed by atoms with van der Waals surface area (Å²) in [6, 6.07) is 11.0. The predicted molar refractivity (Wildman–Crippen MR) is 188 cm³/mol. The van der Waals surface area contributed by atoms with E-state index in [4.69, 9.17) is 4.74 Å². The van der Waals surface area contributed by atoms with E-state index in [1.165, 1.54) is 38.1 Å². The molecule has 4 rings (SSSR count). The van der Waals surface area contributed by atoms with Crippen LogP contribution in [0.15, 0.2) is 72.8 Å². The second kappa shape index (κ2) is 17.8. The van der Waals surface area contributed by atoms with Gasteiger partial charge in [0.15, 0.2) is 0 Å². The van der Waals surface area contributed by atoms with Crippen molar-refractivity contribution in [2.75, 3.05) is 17.7 Å². The van der Waals surface area contributed by atoms with E-state index in [9.17, 15) is 55.4 Å². The Morgan fingerprint density at radius 3 is 2.00 bits per heavy atom. The van der Waals surface area contributed by atoms with E-state index in [-0.39, 0.29) is 57.0 Å². The molecule has 12 nitrogen and oxygen atoms in total. The molecule has 19 heteroatoms. The Bertz CT molecular complexity index is 1880. The molecule has 0 saturated carbocycles. The predicted octanol–water partition coefficient (Wildman–Crippen LogP) is 6.64. The van der Waals surface area contributed by atoms with Crippen LogP contribution in [-0.2, 0) is 20.9 Å². The molecule has 0 bridgehead atoms. The Labute approximate surface area is 333 Å². The molecule has 4 N–H and O–H groups in total. The monoisotopic (exact) mass is 788 g/mol. The summed E-state index contributed by atoms with van der Waals surface area (Å²) in [5.41, 5.74) is -4.44. The first-order valence-electron chi connectivity index (χ1n) is 16.4. The van der Waals surface area contributed by atoms with Gasteiger partial charge in [-0.2, -0.15) is 26.3 Å². The van der Waals surface area contributed by atoms with Crippen molar-refractivity contribution < 1.29 is 60.2 Å². The van der Waals surface area contributed by atoms with Crippen LogP contribution in [-0.4, -0.2) is 105 Å². The van der Waals surface area contributed by atoms with Gasteiger partial charge in [-0.05, 0) is 54.2 Å². The fourth-order valence-electron chi connectivity index (χ4n) is 6.09. The number of methoxy groups -OCH3 is 1. The van der Waals surface area contributed by atoms with E-state index in [1.807, 2.05) is 0 Å². The first-order valence-corrected chi connectivity index (χ1v) is 16.4. The number of carboxylic acid groups (broad SMARTS) is 1. The third-order valence-electron chi connectivity index (χ3n) is 8.64. The molecule has 1 radical (unpaired) electrons. The smallest absolute Gasteiger partial charge is 0.430 e. The third kappa shape index (κ3) is 9.53. The first kappa shape index (κ1) is 44.6. The number of carbonyl (C=O) groups excluding carboxylic acids is 4. The van der Waals surface area contributed by atoms with Gasteiger partial charge in [-0.1, -0.05) is 68.4 Å². The van der Waals surface area contributed by atoms with Crippen LogP contribution >= 0.6 is 0 Å². The Kier molecular flexibility index (Phi) is 14.4. The summed E-state index contributed by atoms with van der Waals surface area (Å²) in [7, 11) is 1.12. The number of carboxylic acids is 1. The minimum absolute atomic E-state index is 0. The van der Waals surface area contributed by atoms with Crippen molar-refractivity contribution >= 4 is 70.8 Å². The molecule has 291 valence electrons. The van der Waals surface area contributed by atoms with Gasteiger partial charge in [-0.15, -0.1) is 0 Å². The maximum absolute atomic E-state index is 14.9. The van der Waals surface area contributed by atoms with Crippen LogP contribution in [0.5, 0.6) is 5.75 Å². The standard InChI is InChI=1S/C36H37F6N5O7.Na/c1-20(2)16-27(30(50)43-26(18-29(48)49)23-11-6-5-7-12-23)47-31(51)34(35(37,38)39,36(40,41)42)46(33(47)53)19-22-14-15-25(28(17-22)54-4)45-32(52)44-24-13-9-8-10-21(24)3;/h5-15,17,20,26-27H,16,18-19H2,1-4H3,(H,43,50)(H,48,49)(H2,44,45,52);/t26-,27-;/m0./s1. The summed E-state index contributed by atoms with van der Waals surface area (Å²) in [6.07, 6.45) is -14.2. The summed E-state index contributed by atoms with van der Waals surface area (Å²) >= 11 is 0. The van der Waals surface area contributed by atoms with Crippen LogP contribution in [0.25, 0.3) is 0 Å². The zero-order valence-electron chi connectivity index (χ0n) is 30.3. The quantitative estimate of drug-likeness (QED) is 0.0860. The average Bonchev–Trinajstić information content (AvgIpc) is 3.30. The summed E-state index contributed by atoms with van der Waals surface area (Å²) < 4.78 is 94.7. The Balaban J connectivity index is 0.00000812. The van der Waals surface area contributed by atoms with E-state index in [0.717, 1.165) is 30.9 Å². The van der Waals surface area contributed by atoms with Crippen molar-refractivity contribution in [3.05, 3.63) is 89.5 Å². The van der Waals surface area contributed by atoms with Gasteiger partial charge in [0.2, 0.25) is 5.91 Å². The van der Waals surface area contributed by atoms with Crippen LogP contribution < -0.4 is 20.7 Å². The summed E-state index contributed by atoms with van der Waals surface area (Å²) in [4.78, 5) is 64.7. The number of benzene rings is 3. The van der Waals surface area contributed by atoms with Gasteiger partial charge in [0.05, 0.1) is 25.3 Å². The molecular weight excluding hydrogens is 751 g/mol. The zero-order valence-corrected chi connectivity index (χ0v) is 32.3. The number of nitrogens with one attached hydrogen (secondary N) is 3. The minimum atomic E-state index is -6.44. The molecule has 55 heavy (non-hydrogen) atoms. The van der Waals surface area contributed by atoms with Crippen LogP contribution in [0.3, 0.4) is 0 Å². The minimum Gasteiger partial charge on any atom is -0.495 e. The van der Waals surface area contributed by atoms with Crippen molar-refractivity contribution in [2.24, 2.45) is 5.92 Å². The maximum Gasteiger partial charge on any atom is 0.430 e. The molecule has 0 aliphatic carbocycles. The molecule has 6 amide bonds. The molecule has 1 fully saturated rings. The van der Waals surface area contributed by atoms with Crippen molar-refractivity contribution in [1.82, 2.24) is 15.1 Å². The number of imide groups is 1. The van der Waals surface area contributed by atoms with Crippen molar-refractivity contribution in [2.45, 2.75) is 70.1 Å². The Morgan fingerprint density at radius 2 is 1.45 bits per heavy atom. The molecule has 2 atom stereocenters. The number of carbonyl (C=O) groups is 5. The summed E-state index contributed by atoms with van der Waals surface area (Å²) in [5.74, 6) is -6.37. The molecule has 0 unspecified atom stereocenters. The van der Waals surface area contributed by atoms with Crippen molar-refractivity contribution in [3.63, 3.8) is 0 Å². The number of halogens is 6. The second-order valence-electron chi connectivity index (χ2n) is 12.9. The van der Waals surface area contributed by atoms with E-state index in [1.54, 1.807) is 37.3 Å². The van der Waals surface area contributed by atoms with Gasteiger partial charge in [0.25, 0.3) is 5.91 Å². The molecule has 1 saturated heterocycles. The number of aliphatic carboxylic acids is 1. The normalized spacial score (nSPS) is 15.3. The van der Waals surface area contributed by atoms with Gasteiger partial charge < -0.3 is 25.8 Å². The molecule has 0 spiro atoms. The van der Waals surface area contributed by atoms with Gasteiger partial charge in [0, 0.05) is 41.8 Å². The SMILES string of the molecule is COc1cc(CN2C(=O)N([C@@H](CC(C)C)C(=O)N[C@@H](CC(=O)O)c3ccccc3)C(=O)C2(C(F)(F)F)C(F)(F)F)ccc1NC(=O)Nc1ccccc1C.[Na]. The van der Waals surface area contributed by atoms with Gasteiger partial charge in [-0.25, -0.2) is 14.5 Å². The van der Waals surface area contributed by atoms with E-state index in [2.05, 4.69) is 16.0 Å². The second-order valence-corrected chi connectivity index (χ2v) is 12.9. The number of hydrogen-bond acceptors (Lipinski definition) is 6. The zero-order chi connectivity index (χ0) is 40.2. The number of urea groups is 2. The van der Waals surface area contributed by atoms with Crippen LogP contribution in [0.4, 0.5) is 47.3 Å². The molecule has 3 aromatic carbocycles. The van der Waals surface area contributed by atoms with Crippen molar-refractivity contribution in [1.29, 1.82) is 0 Å². The summed E-state index contributed by atoms with van der Waals surface area (Å²) in [6.45, 7) is 3.20. The van der Waals surface area contributed by atoms with E-state index in [0.29, 0.717) is 5.69 Å². The molecule has 1 aliphatic rings. The topological polar surface area (TPSA) is 157 Å². The molecule has 1 heterocycles. The average molecular weight is 789 g/mol. The van der Waals surface area contributed by atoms with E-state index < -0.39 is 90.0 Å². The maximum atomic E-state index is 14.9. The number of para-hydroxylation sites is 1. The molecule has 3 aromatic rings. The van der Waals surface area contributed by atoms with Gasteiger partial charge in [-0.3, -0.25) is 19.3 Å². The van der Waals surface area contributed by atoms with Gasteiger partial charge in [0.1, 0.15) is 11.8 Å². The number of rotatable bonds is 13. The van der Waals surface area contributed by atoms with Crippen LogP contribution in [0.1, 0.15) is 49.4 Å². The molecule has 1 aliphatic heterocycles. The number of amides is 6. The molecular formula is C36H37F6N5NaO7. The number of anilines is 2. The van der Waals surface area contributed by atoms with Gasteiger partial charge >= 0.3 is 35.9 Å². The third-order valence-corrected chi connectivity index (χ3v) is 8.64. The van der Waals surface area contributed by atoms with Crippen LogP contribution in [0.2, 0.25) is 0 Å². The van der Waals surface area contributed by atoms with Crippen molar-refractivity contribution in [3.8, 4) is 5.75 Å². The number of alkyl halides is 6. The van der Waals surface area contributed by atoms with E-state index >= 15 is 0 Å². The fourth-order valence-corrected chi connectivity index (χ4v) is 6.09.